The average molecular weight is 472 g/mol. The summed E-state index contributed by atoms with van der Waals surface area (Å²) in [6.07, 6.45) is 1.72. The highest BCUT2D eigenvalue weighted by atomic mass is 35.5. The SMILES string of the molecule is Cl.Cl.O=C(NCC(N1CCNCC1)C(F)(F)F)c1ccc(N2CCCCCC2)nc1. The number of pyridine rings is 1. The van der Waals surface area contributed by atoms with Gasteiger partial charge in [0, 0.05) is 52.0 Å². The second kappa shape index (κ2) is 12.5. The van der Waals surface area contributed by atoms with E-state index < -0.39 is 24.7 Å². The van der Waals surface area contributed by atoms with Crippen LogP contribution in [-0.4, -0.2) is 73.8 Å². The molecule has 0 bridgehead atoms. The van der Waals surface area contributed by atoms with Crippen LogP contribution in [0.3, 0.4) is 0 Å². The molecule has 3 rings (SSSR count). The maximum absolute atomic E-state index is 13.4. The molecule has 1 aromatic rings. The molecule has 1 aromatic heterocycles. The van der Waals surface area contributed by atoms with E-state index in [0.29, 0.717) is 26.2 Å². The molecule has 2 aliphatic heterocycles. The van der Waals surface area contributed by atoms with Gasteiger partial charge in [-0.2, -0.15) is 13.2 Å². The fraction of sp³-hybridized carbons (Fsp3) is 0.684. The summed E-state index contributed by atoms with van der Waals surface area (Å²) in [6.45, 7) is 3.08. The van der Waals surface area contributed by atoms with Gasteiger partial charge in [0.25, 0.3) is 5.91 Å². The third-order valence-corrected chi connectivity index (χ3v) is 5.37. The quantitative estimate of drug-likeness (QED) is 0.691. The maximum atomic E-state index is 13.4. The molecule has 2 aliphatic rings. The second-order valence-electron chi connectivity index (χ2n) is 7.36. The van der Waals surface area contributed by atoms with Gasteiger partial charge in [0.1, 0.15) is 11.9 Å². The molecule has 0 spiro atoms. The van der Waals surface area contributed by atoms with Crippen molar-refractivity contribution in [1.29, 1.82) is 0 Å². The van der Waals surface area contributed by atoms with E-state index in [-0.39, 0.29) is 30.4 Å². The molecule has 2 fully saturated rings. The first kappa shape index (κ1) is 26.7. The first-order valence-electron chi connectivity index (χ1n) is 9.96. The molecule has 11 heteroatoms. The highest BCUT2D eigenvalue weighted by molar-refractivity contribution is 5.94. The minimum absolute atomic E-state index is 0. The van der Waals surface area contributed by atoms with Gasteiger partial charge < -0.3 is 15.5 Å². The smallest absolute Gasteiger partial charge is 0.357 e. The topological polar surface area (TPSA) is 60.5 Å². The molecule has 2 saturated heterocycles. The van der Waals surface area contributed by atoms with Crippen LogP contribution < -0.4 is 15.5 Å². The van der Waals surface area contributed by atoms with Crippen LogP contribution in [0.2, 0.25) is 0 Å². The van der Waals surface area contributed by atoms with Crippen LogP contribution in [0, 0.1) is 0 Å². The number of amides is 1. The summed E-state index contributed by atoms with van der Waals surface area (Å²) in [4.78, 5) is 20.3. The average Bonchev–Trinajstić information content (AvgIpc) is 2.97. The Bertz CT molecular complexity index is 634. The summed E-state index contributed by atoms with van der Waals surface area (Å²) in [5.41, 5.74) is 0.278. The molecule has 0 saturated carbocycles. The Morgan fingerprint density at radius 3 is 2.23 bits per heavy atom. The maximum Gasteiger partial charge on any atom is 0.405 e. The minimum Gasteiger partial charge on any atom is -0.357 e. The van der Waals surface area contributed by atoms with Gasteiger partial charge >= 0.3 is 6.18 Å². The van der Waals surface area contributed by atoms with E-state index in [1.165, 1.54) is 23.9 Å². The lowest BCUT2D eigenvalue weighted by Gasteiger charge is -2.35. The molecule has 1 atom stereocenters. The predicted octanol–water partition coefficient (Wildman–Crippen LogP) is 2.87. The lowest BCUT2D eigenvalue weighted by Crippen LogP contribution is -2.57. The number of nitrogens with one attached hydrogen (secondary N) is 2. The number of hydrogen-bond donors (Lipinski definition) is 2. The summed E-state index contributed by atoms with van der Waals surface area (Å²) in [7, 11) is 0. The molecule has 1 amide bonds. The Hall–Kier alpha value is -1.29. The summed E-state index contributed by atoms with van der Waals surface area (Å²) in [5, 5.41) is 5.48. The molecule has 0 aromatic carbocycles. The number of hydrogen-bond acceptors (Lipinski definition) is 5. The molecule has 6 nitrogen and oxygen atoms in total. The zero-order chi connectivity index (χ0) is 20.0. The van der Waals surface area contributed by atoms with Crippen molar-refractivity contribution < 1.29 is 18.0 Å². The summed E-state index contributed by atoms with van der Waals surface area (Å²) in [6, 6.07) is 1.73. The van der Waals surface area contributed by atoms with Crippen LogP contribution in [0.1, 0.15) is 36.0 Å². The summed E-state index contributed by atoms with van der Waals surface area (Å²) >= 11 is 0. The number of rotatable bonds is 5. The van der Waals surface area contributed by atoms with Gasteiger partial charge in [0.15, 0.2) is 0 Å². The van der Waals surface area contributed by atoms with E-state index in [4.69, 9.17) is 0 Å². The van der Waals surface area contributed by atoms with Gasteiger partial charge in [-0.05, 0) is 25.0 Å². The van der Waals surface area contributed by atoms with Crippen molar-refractivity contribution in [2.75, 3.05) is 50.7 Å². The normalized spacial score (nSPS) is 19.1. The number of anilines is 1. The number of carbonyl (C=O) groups is 1. The van der Waals surface area contributed by atoms with Gasteiger partial charge in [-0.25, -0.2) is 4.98 Å². The molecular weight excluding hydrogens is 442 g/mol. The van der Waals surface area contributed by atoms with Gasteiger partial charge in [-0.15, -0.1) is 24.8 Å². The first-order chi connectivity index (χ1) is 13.4. The van der Waals surface area contributed by atoms with E-state index in [1.807, 2.05) is 0 Å². The lowest BCUT2D eigenvalue weighted by atomic mass is 10.2. The molecule has 3 heterocycles. The van der Waals surface area contributed by atoms with Crippen molar-refractivity contribution in [2.24, 2.45) is 0 Å². The van der Waals surface area contributed by atoms with Crippen LogP contribution >= 0.6 is 24.8 Å². The predicted molar refractivity (Wildman–Crippen MR) is 116 cm³/mol. The van der Waals surface area contributed by atoms with E-state index >= 15 is 0 Å². The van der Waals surface area contributed by atoms with Crippen LogP contribution in [0.25, 0.3) is 0 Å². The van der Waals surface area contributed by atoms with E-state index in [2.05, 4.69) is 20.5 Å². The monoisotopic (exact) mass is 471 g/mol. The molecule has 172 valence electrons. The number of carbonyl (C=O) groups excluding carboxylic acids is 1. The standard InChI is InChI=1S/C19H28F3N5O.2ClH/c20-19(21,22)16(26-11-7-23-8-12-26)14-25-18(28)15-5-6-17(24-13-15)27-9-3-1-2-4-10-27;;/h5-6,13,16,23H,1-4,7-12,14H2,(H,25,28);2*1H. The highest BCUT2D eigenvalue weighted by Gasteiger charge is 2.43. The number of alkyl halides is 3. The fourth-order valence-corrected chi connectivity index (χ4v) is 3.74. The molecule has 1 unspecified atom stereocenters. The van der Waals surface area contributed by atoms with Gasteiger partial charge in [0.2, 0.25) is 0 Å². The summed E-state index contributed by atoms with van der Waals surface area (Å²) in [5.74, 6) is 0.284. The van der Waals surface area contributed by atoms with Crippen LogP contribution in [0.5, 0.6) is 0 Å². The third kappa shape index (κ3) is 7.44. The molecule has 0 radical (unpaired) electrons. The molecular formula is C19H30Cl2F3N5O. The van der Waals surface area contributed by atoms with Crippen molar-refractivity contribution in [3.63, 3.8) is 0 Å². The first-order valence-corrected chi connectivity index (χ1v) is 9.96. The Balaban J connectivity index is 0.00000225. The highest BCUT2D eigenvalue weighted by Crippen LogP contribution is 2.25. The number of halogens is 5. The van der Waals surface area contributed by atoms with Crippen LogP contribution in [0.4, 0.5) is 19.0 Å². The minimum atomic E-state index is -4.39. The van der Waals surface area contributed by atoms with E-state index in [1.54, 1.807) is 12.1 Å². The molecule has 0 aliphatic carbocycles. The number of aromatic nitrogens is 1. The van der Waals surface area contributed by atoms with E-state index in [9.17, 15) is 18.0 Å². The Labute approximate surface area is 187 Å². The van der Waals surface area contributed by atoms with Crippen molar-refractivity contribution in [3.05, 3.63) is 23.9 Å². The van der Waals surface area contributed by atoms with Crippen molar-refractivity contribution in [2.45, 2.75) is 37.9 Å². The zero-order valence-corrected chi connectivity index (χ0v) is 18.4. The number of piperazine rings is 1. The van der Waals surface area contributed by atoms with Gasteiger partial charge in [-0.1, -0.05) is 12.8 Å². The summed E-state index contributed by atoms with van der Waals surface area (Å²) < 4.78 is 40.3. The van der Waals surface area contributed by atoms with Crippen molar-refractivity contribution in [1.82, 2.24) is 20.5 Å². The number of nitrogens with zero attached hydrogens (tertiary/aromatic N) is 3. The van der Waals surface area contributed by atoms with Gasteiger partial charge in [0.05, 0.1) is 5.56 Å². The molecule has 2 N–H and O–H groups in total. The Morgan fingerprint density at radius 2 is 1.70 bits per heavy atom. The second-order valence-corrected chi connectivity index (χ2v) is 7.36. The Kier molecular flexibility index (Phi) is 11.2. The third-order valence-electron chi connectivity index (χ3n) is 5.37. The van der Waals surface area contributed by atoms with Crippen LogP contribution in [0.15, 0.2) is 18.3 Å². The van der Waals surface area contributed by atoms with Gasteiger partial charge in [-0.3, -0.25) is 9.69 Å². The van der Waals surface area contributed by atoms with Crippen molar-refractivity contribution in [3.8, 4) is 0 Å². The van der Waals surface area contributed by atoms with Crippen molar-refractivity contribution >= 4 is 36.5 Å². The zero-order valence-electron chi connectivity index (χ0n) is 16.8. The van der Waals surface area contributed by atoms with Crippen LogP contribution in [-0.2, 0) is 0 Å². The Morgan fingerprint density at radius 1 is 1.07 bits per heavy atom. The van der Waals surface area contributed by atoms with E-state index in [0.717, 1.165) is 31.7 Å². The molecule has 30 heavy (non-hydrogen) atoms. The fourth-order valence-electron chi connectivity index (χ4n) is 3.74. The largest absolute Gasteiger partial charge is 0.405 e. The lowest BCUT2D eigenvalue weighted by molar-refractivity contribution is -0.183.